The van der Waals surface area contributed by atoms with Gasteiger partial charge in [0.25, 0.3) is 0 Å². The van der Waals surface area contributed by atoms with Crippen molar-refractivity contribution in [1.29, 1.82) is 5.26 Å². The Kier molecular flexibility index (Phi) is 5.23. The maximum Gasteiger partial charge on any atom is 0.416 e. The van der Waals surface area contributed by atoms with Crippen LogP contribution >= 0.6 is 0 Å². The lowest BCUT2D eigenvalue weighted by Crippen LogP contribution is -2.21. The zero-order valence-corrected chi connectivity index (χ0v) is 10.9. The van der Waals surface area contributed by atoms with Crippen LogP contribution in [0.5, 0.6) is 0 Å². The third-order valence-corrected chi connectivity index (χ3v) is 2.65. The first kappa shape index (κ1) is 17.3. The highest BCUT2D eigenvalue weighted by atomic mass is 19.4. The third-order valence-electron chi connectivity index (χ3n) is 2.65. The molecule has 0 aliphatic heterocycles. The molecular formula is C13H12F6N2. The molecule has 8 heteroatoms. The lowest BCUT2D eigenvalue weighted by Gasteiger charge is -2.14. The first-order chi connectivity index (χ1) is 9.54. The summed E-state index contributed by atoms with van der Waals surface area (Å²) in [5.74, 6) is -0.391. The van der Waals surface area contributed by atoms with Crippen molar-refractivity contribution in [1.82, 2.24) is 5.32 Å². The minimum atomic E-state index is -4.85. The largest absolute Gasteiger partial charge is 0.416 e. The second-order valence-corrected chi connectivity index (χ2v) is 4.58. The van der Waals surface area contributed by atoms with E-state index in [9.17, 15) is 26.3 Å². The summed E-state index contributed by atoms with van der Waals surface area (Å²) in [4.78, 5) is 0. The van der Waals surface area contributed by atoms with Gasteiger partial charge < -0.3 is 5.32 Å². The molecular weight excluding hydrogens is 298 g/mol. The number of hydrogen-bond donors (Lipinski definition) is 1. The van der Waals surface area contributed by atoms with E-state index in [1.165, 1.54) is 0 Å². The lowest BCUT2D eigenvalue weighted by atomic mass is 10.0. The fourth-order valence-electron chi connectivity index (χ4n) is 1.60. The number of halogens is 6. The first-order valence-corrected chi connectivity index (χ1v) is 5.92. The maximum absolute atomic E-state index is 12.6. The van der Waals surface area contributed by atoms with Gasteiger partial charge in [-0.3, -0.25) is 0 Å². The van der Waals surface area contributed by atoms with E-state index in [-0.39, 0.29) is 24.7 Å². The summed E-state index contributed by atoms with van der Waals surface area (Å²) in [7, 11) is 0. The van der Waals surface area contributed by atoms with Gasteiger partial charge in [0.05, 0.1) is 23.1 Å². The van der Waals surface area contributed by atoms with Gasteiger partial charge in [0, 0.05) is 13.1 Å². The van der Waals surface area contributed by atoms with Crippen molar-refractivity contribution in [3.05, 3.63) is 34.9 Å². The van der Waals surface area contributed by atoms with Gasteiger partial charge in [-0.2, -0.15) is 31.6 Å². The average molecular weight is 310 g/mol. The third kappa shape index (κ3) is 5.27. The molecule has 0 fully saturated rings. The van der Waals surface area contributed by atoms with E-state index < -0.39 is 29.4 Å². The highest BCUT2D eigenvalue weighted by Gasteiger charge is 2.36. The van der Waals surface area contributed by atoms with Crippen LogP contribution in [0.1, 0.15) is 23.6 Å². The Morgan fingerprint density at radius 1 is 1.05 bits per heavy atom. The van der Waals surface area contributed by atoms with Crippen molar-refractivity contribution < 1.29 is 26.3 Å². The van der Waals surface area contributed by atoms with Crippen LogP contribution in [0.15, 0.2) is 18.2 Å². The smallest absolute Gasteiger partial charge is 0.311 e. The maximum atomic E-state index is 12.6. The van der Waals surface area contributed by atoms with Crippen LogP contribution in [0, 0.1) is 17.2 Å². The van der Waals surface area contributed by atoms with Crippen LogP contribution in [0.4, 0.5) is 26.3 Å². The van der Waals surface area contributed by atoms with Gasteiger partial charge in [-0.25, -0.2) is 0 Å². The SMILES string of the molecule is CC(C#N)CNCc1cc(C(F)(F)F)cc(C(F)(F)F)c1. The number of rotatable bonds is 4. The van der Waals surface area contributed by atoms with E-state index in [0.29, 0.717) is 12.1 Å². The molecule has 0 aromatic heterocycles. The van der Waals surface area contributed by atoms with Crippen molar-refractivity contribution in [2.75, 3.05) is 6.54 Å². The van der Waals surface area contributed by atoms with Crippen LogP contribution in [-0.2, 0) is 18.9 Å². The summed E-state index contributed by atoms with van der Waals surface area (Å²) >= 11 is 0. The summed E-state index contributed by atoms with van der Waals surface area (Å²) in [6.07, 6.45) is -9.70. The van der Waals surface area contributed by atoms with Crippen LogP contribution in [-0.4, -0.2) is 6.54 Å². The van der Waals surface area contributed by atoms with E-state index in [1.54, 1.807) is 6.92 Å². The van der Waals surface area contributed by atoms with Gasteiger partial charge in [0.2, 0.25) is 0 Å². The fourth-order valence-corrected chi connectivity index (χ4v) is 1.60. The van der Waals surface area contributed by atoms with Crippen LogP contribution < -0.4 is 5.32 Å². The second kappa shape index (κ2) is 6.35. The van der Waals surface area contributed by atoms with E-state index in [4.69, 9.17) is 5.26 Å². The molecule has 1 N–H and O–H groups in total. The Morgan fingerprint density at radius 3 is 1.90 bits per heavy atom. The highest BCUT2D eigenvalue weighted by Crippen LogP contribution is 2.36. The van der Waals surface area contributed by atoms with Crippen molar-refractivity contribution in [3.63, 3.8) is 0 Å². The van der Waals surface area contributed by atoms with Crippen molar-refractivity contribution in [3.8, 4) is 6.07 Å². The van der Waals surface area contributed by atoms with Crippen molar-refractivity contribution in [2.24, 2.45) is 5.92 Å². The number of nitrogens with one attached hydrogen (secondary N) is 1. The van der Waals surface area contributed by atoms with Crippen LogP contribution in [0.2, 0.25) is 0 Å². The molecule has 21 heavy (non-hydrogen) atoms. The van der Waals surface area contributed by atoms with E-state index in [0.717, 1.165) is 0 Å². The van der Waals surface area contributed by atoms with Gasteiger partial charge >= 0.3 is 12.4 Å². The summed E-state index contributed by atoms with van der Waals surface area (Å²) in [6, 6.07) is 3.32. The molecule has 116 valence electrons. The molecule has 1 aromatic rings. The number of alkyl halides is 6. The molecule has 1 rings (SSSR count). The molecule has 0 heterocycles. The van der Waals surface area contributed by atoms with Gasteiger partial charge in [0.1, 0.15) is 0 Å². The van der Waals surface area contributed by atoms with Crippen molar-refractivity contribution in [2.45, 2.75) is 25.8 Å². The minimum absolute atomic E-state index is 0.0847. The monoisotopic (exact) mass is 310 g/mol. The molecule has 0 spiro atoms. The number of hydrogen-bond acceptors (Lipinski definition) is 2. The topological polar surface area (TPSA) is 35.8 Å². The standard InChI is InChI=1S/C13H12F6N2/c1-8(5-20)6-21-7-9-2-10(12(14,15)16)4-11(3-9)13(17,18)19/h2-4,8,21H,6-7H2,1H3. The van der Waals surface area contributed by atoms with Gasteiger partial charge in [-0.15, -0.1) is 0 Å². The molecule has 1 atom stereocenters. The number of nitrogens with zero attached hydrogens (tertiary/aromatic N) is 1. The molecule has 0 saturated carbocycles. The minimum Gasteiger partial charge on any atom is -0.311 e. The molecule has 0 aliphatic rings. The zero-order chi connectivity index (χ0) is 16.3. The zero-order valence-electron chi connectivity index (χ0n) is 10.9. The molecule has 2 nitrogen and oxygen atoms in total. The van der Waals surface area contributed by atoms with Gasteiger partial charge in [-0.05, 0) is 30.7 Å². The highest BCUT2D eigenvalue weighted by molar-refractivity contribution is 5.33. The summed E-state index contributed by atoms with van der Waals surface area (Å²) in [6.45, 7) is 1.58. The molecule has 1 unspecified atom stereocenters. The molecule has 1 aromatic carbocycles. The Bertz CT molecular complexity index is 495. The summed E-state index contributed by atoms with van der Waals surface area (Å²) < 4.78 is 75.7. The number of nitriles is 1. The van der Waals surface area contributed by atoms with Gasteiger partial charge in [0.15, 0.2) is 0 Å². The van der Waals surface area contributed by atoms with Crippen LogP contribution in [0.3, 0.4) is 0 Å². The Balaban J connectivity index is 3.01. The molecule has 0 bridgehead atoms. The normalized spacial score (nSPS) is 13.8. The molecule has 0 radical (unpaired) electrons. The van der Waals surface area contributed by atoms with Crippen LogP contribution in [0.25, 0.3) is 0 Å². The molecule has 0 amide bonds. The molecule has 0 aliphatic carbocycles. The quantitative estimate of drug-likeness (QED) is 0.854. The first-order valence-electron chi connectivity index (χ1n) is 5.92. The predicted octanol–water partition coefficient (Wildman–Crippen LogP) is 3.97. The van der Waals surface area contributed by atoms with E-state index in [1.807, 2.05) is 6.07 Å². The molecule has 0 saturated heterocycles. The Morgan fingerprint density at radius 2 is 1.52 bits per heavy atom. The summed E-state index contributed by atoms with van der Waals surface area (Å²) in [5.41, 5.74) is -2.83. The van der Waals surface area contributed by atoms with E-state index >= 15 is 0 Å². The fraction of sp³-hybridized carbons (Fsp3) is 0.462. The lowest BCUT2D eigenvalue weighted by molar-refractivity contribution is -0.143. The predicted molar refractivity (Wildman–Crippen MR) is 62.9 cm³/mol. The Hall–Kier alpha value is -1.75. The second-order valence-electron chi connectivity index (χ2n) is 4.58. The summed E-state index contributed by atoms with van der Waals surface area (Å²) in [5, 5.41) is 11.2. The van der Waals surface area contributed by atoms with Crippen molar-refractivity contribution >= 4 is 0 Å². The average Bonchev–Trinajstić information content (AvgIpc) is 2.36. The Labute approximate surface area is 117 Å². The van der Waals surface area contributed by atoms with Gasteiger partial charge in [-0.1, -0.05) is 0 Å². The number of benzene rings is 1. The van der Waals surface area contributed by atoms with E-state index in [2.05, 4.69) is 5.32 Å².